The fourth-order valence-corrected chi connectivity index (χ4v) is 8.33. The zero-order chi connectivity index (χ0) is 29.7. The lowest BCUT2D eigenvalue weighted by Gasteiger charge is -2.14. The summed E-state index contributed by atoms with van der Waals surface area (Å²) < 4.78 is 0. The number of thiophene rings is 1. The van der Waals surface area contributed by atoms with Gasteiger partial charge in [0.1, 0.15) is 0 Å². The zero-order valence-corrected chi connectivity index (χ0v) is 25.4. The van der Waals surface area contributed by atoms with Gasteiger partial charge in [-0.1, -0.05) is 170 Å². The number of benzene rings is 8. The van der Waals surface area contributed by atoms with Crippen molar-refractivity contribution in [1.82, 2.24) is 0 Å². The third-order valence-electron chi connectivity index (χ3n) is 9.06. The van der Waals surface area contributed by atoms with Gasteiger partial charge in [0.05, 0.1) is 0 Å². The molecule has 1 aromatic heterocycles. The Morgan fingerprint density at radius 1 is 0.289 bits per heavy atom. The van der Waals surface area contributed by atoms with Gasteiger partial charge in [-0.2, -0.15) is 0 Å². The van der Waals surface area contributed by atoms with E-state index in [9.17, 15) is 0 Å². The number of rotatable bonds is 5. The fourth-order valence-electron chi connectivity index (χ4n) is 6.98. The van der Waals surface area contributed by atoms with Crippen LogP contribution in [0.3, 0.4) is 0 Å². The van der Waals surface area contributed by atoms with Crippen molar-refractivity contribution in [3.8, 4) is 54.3 Å². The van der Waals surface area contributed by atoms with Crippen LogP contribution >= 0.6 is 11.3 Å². The van der Waals surface area contributed by atoms with E-state index in [-0.39, 0.29) is 0 Å². The van der Waals surface area contributed by atoms with Crippen LogP contribution in [0.1, 0.15) is 0 Å². The molecule has 0 saturated heterocycles. The van der Waals surface area contributed by atoms with Gasteiger partial charge in [0.2, 0.25) is 0 Å². The lowest BCUT2D eigenvalue weighted by molar-refractivity contribution is 1.61. The molecule has 210 valence electrons. The Kier molecular flexibility index (Phi) is 6.11. The normalized spacial score (nSPS) is 11.6. The van der Waals surface area contributed by atoms with Crippen LogP contribution in [0, 0.1) is 0 Å². The maximum absolute atomic E-state index is 2.31. The molecule has 8 aromatic carbocycles. The van der Waals surface area contributed by atoms with Crippen molar-refractivity contribution in [3.63, 3.8) is 0 Å². The molecule has 0 aliphatic rings. The first-order valence-corrected chi connectivity index (χ1v) is 16.3. The summed E-state index contributed by atoms with van der Waals surface area (Å²) in [4.78, 5) is 2.59. The molecular formula is C44H28S. The monoisotopic (exact) mass is 588 g/mol. The summed E-state index contributed by atoms with van der Waals surface area (Å²) in [5, 5.41) is 7.92. The van der Waals surface area contributed by atoms with Crippen molar-refractivity contribution in [2.45, 2.75) is 0 Å². The van der Waals surface area contributed by atoms with Gasteiger partial charge in [-0.25, -0.2) is 0 Å². The van der Waals surface area contributed by atoms with Gasteiger partial charge in [-0.15, -0.1) is 11.3 Å². The standard InChI is InChI=1S/C44H28S/c1-4-11-30(12-5-1)41-42(31-13-6-2-7-14-31)44(45-43(41)35-15-8-3-9-16-35)36-23-19-29(20-24-36)37-27-25-34-22-21-32-17-10-18-33-26-28-38(37)40(34)39(32)33/h1-28H. The Labute approximate surface area is 266 Å². The van der Waals surface area contributed by atoms with Gasteiger partial charge < -0.3 is 0 Å². The summed E-state index contributed by atoms with van der Waals surface area (Å²) in [5.74, 6) is 0. The van der Waals surface area contributed by atoms with Crippen molar-refractivity contribution >= 4 is 43.7 Å². The fraction of sp³-hybridized carbons (Fsp3) is 0. The van der Waals surface area contributed by atoms with E-state index in [4.69, 9.17) is 0 Å². The number of hydrogen-bond donors (Lipinski definition) is 0. The largest absolute Gasteiger partial charge is 0.134 e. The van der Waals surface area contributed by atoms with E-state index in [0.29, 0.717) is 0 Å². The highest BCUT2D eigenvalue weighted by atomic mass is 32.1. The highest BCUT2D eigenvalue weighted by Crippen LogP contribution is 2.52. The summed E-state index contributed by atoms with van der Waals surface area (Å²) in [7, 11) is 0. The minimum absolute atomic E-state index is 1.24. The first-order chi connectivity index (χ1) is 22.3. The van der Waals surface area contributed by atoms with Crippen molar-refractivity contribution < 1.29 is 0 Å². The van der Waals surface area contributed by atoms with Gasteiger partial charge in [0, 0.05) is 20.9 Å². The molecule has 9 rings (SSSR count). The molecule has 0 saturated carbocycles. The summed E-state index contributed by atoms with van der Waals surface area (Å²) in [6.07, 6.45) is 0. The topological polar surface area (TPSA) is 0 Å². The highest BCUT2D eigenvalue weighted by molar-refractivity contribution is 7.20. The molecule has 0 nitrogen and oxygen atoms in total. The summed E-state index contributed by atoms with van der Waals surface area (Å²) in [5.41, 5.74) is 10.1. The molecule has 1 heterocycles. The van der Waals surface area contributed by atoms with Crippen LogP contribution in [0.5, 0.6) is 0 Å². The molecule has 0 N–H and O–H groups in total. The second-order valence-corrected chi connectivity index (χ2v) is 12.7. The van der Waals surface area contributed by atoms with Gasteiger partial charge >= 0.3 is 0 Å². The smallest absolute Gasteiger partial charge is 0.0434 e. The Bertz CT molecular complexity index is 2420. The summed E-state index contributed by atoms with van der Waals surface area (Å²) in [6, 6.07) is 62.0. The van der Waals surface area contributed by atoms with Gasteiger partial charge in [-0.3, -0.25) is 0 Å². The third-order valence-corrected chi connectivity index (χ3v) is 10.3. The van der Waals surface area contributed by atoms with Gasteiger partial charge in [0.25, 0.3) is 0 Å². The van der Waals surface area contributed by atoms with E-state index >= 15 is 0 Å². The molecular weight excluding hydrogens is 561 g/mol. The minimum atomic E-state index is 1.24. The van der Waals surface area contributed by atoms with Crippen LogP contribution < -0.4 is 0 Å². The van der Waals surface area contributed by atoms with Gasteiger partial charge in [-0.05, 0) is 65.7 Å². The van der Waals surface area contributed by atoms with E-state index < -0.39 is 0 Å². The molecule has 0 radical (unpaired) electrons. The molecule has 0 aliphatic carbocycles. The zero-order valence-electron chi connectivity index (χ0n) is 24.6. The lowest BCUT2D eigenvalue weighted by Crippen LogP contribution is -1.88. The Morgan fingerprint density at radius 3 is 1.31 bits per heavy atom. The Hall–Kier alpha value is -5.50. The Balaban J connectivity index is 1.24. The predicted molar refractivity (Wildman–Crippen MR) is 195 cm³/mol. The van der Waals surface area contributed by atoms with Crippen molar-refractivity contribution in [2.75, 3.05) is 0 Å². The van der Waals surface area contributed by atoms with Crippen LogP contribution in [0.2, 0.25) is 0 Å². The van der Waals surface area contributed by atoms with Crippen molar-refractivity contribution in [3.05, 3.63) is 170 Å². The van der Waals surface area contributed by atoms with Crippen LogP contribution in [-0.2, 0) is 0 Å². The maximum atomic E-state index is 2.31. The van der Waals surface area contributed by atoms with Crippen LogP contribution in [0.15, 0.2) is 170 Å². The Morgan fingerprint density at radius 2 is 0.733 bits per heavy atom. The second-order valence-electron chi connectivity index (χ2n) is 11.7. The van der Waals surface area contributed by atoms with E-state index in [0.717, 1.165) is 0 Å². The van der Waals surface area contributed by atoms with Crippen molar-refractivity contribution in [2.24, 2.45) is 0 Å². The van der Waals surface area contributed by atoms with E-state index in [1.807, 2.05) is 11.3 Å². The molecule has 0 fully saturated rings. The second kappa shape index (κ2) is 10.6. The highest BCUT2D eigenvalue weighted by Gasteiger charge is 2.23. The average Bonchev–Trinajstić information content (AvgIpc) is 3.53. The first kappa shape index (κ1) is 25.9. The molecule has 0 unspecified atom stereocenters. The average molecular weight is 589 g/mol. The van der Waals surface area contributed by atoms with Crippen LogP contribution in [0.4, 0.5) is 0 Å². The van der Waals surface area contributed by atoms with E-state index in [2.05, 4.69) is 170 Å². The molecule has 0 amide bonds. The SMILES string of the molecule is c1ccc(-c2sc(-c3ccc(-c4ccc5ccc6cccc7ccc4c5c67)cc3)c(-c3ccccc3)c2-c2ccccc2)cc1. The first-order valence-electron chi connectivity index (χ1n) is 15.4. The van der Waals surface area contributed by atoms with E-state index in [1.54, 1.807) is 0 Å². The minimum Gasteiger partial charge on any atom is -0.134 e. The molecule has 0 aliphatic heterocycles. The van der Waals surface area contributed by atoms with Crippen molar-refractivity contribution in [1.29, 1.82) is 0 Å². The van der Waals surface area contributed by atoms with Crippen LogP contribution in [0.25, 0.3) is 86.6 Å². The van der Waals surface area contributed by atoms with E-state index in [1.165, 1.54) is 86.6 Å². The summed E-state index contributed by atoms with van der Waals surface area (Å²) in [6.45, 7) is 0. The molecule has 0 atom stereocenters. The quantitative estimate of drug-likeness (QED) is 0.175. The molecule has 1 heteroatoms. The lowest BCUT2D eigenvalue weighted by atomic mass is 9.89. The molecule has 0 spiro atoms. The maximum Gasteiger partial charge on any atom is 0.0434 e. The predicted octanol–water partition coefficient (Wildman–Crippen LogP) is 13.0. The molecule has 0 bridgehead atoms. The van der Waals surface area contributed by atoms with Gasteiger partial charge in [0.15, 0.2) is 0 Å². The van der Waals surface area contributed by atoms with Crippen LogP contribution in [-0.4, -0.2) is 0 Å². The summed E-state index contributed by atoms with van der Waals surface area (Å²) >= 11 is 1.89. The molecule has 9 aromatic rings. The third kappa shape index (κ3) is 4.28. The number of hydrogen-bond acceptors (Lipinski definition) is 1. The molecule has 45 heavy (non-hydrogen) atoms.